The number of hydrogen-bond acceptors (Lipinski definition) is 6. The second-order valence-electron chi connectivity index (χ2n) is 4.98. The van der Waals surface area contributed by atoms with Gasteiger partial charge in [0.05, 0.1) is 13.5 Å². The number of carbonyl (C=O) groups excluding carboxylic acids is 1. The van der Waals surface area contributed by atoms with Crippen LogP contribution in [0.1, 0.15) is 28.4 Å². The van der Waals surface area contributed by atoms with E-state index in [1.165, 1.54) is 25.3 Å². The Kier molecular flexibility index (Phi) is 3.29. The molecule has 22 heavy (non-hydrogen) atoms. The molecule has 1 atom stereocenters. The molecule has 1 aliphatic heterocycles. The van der Waals surface area contributed by atoms with E-state index < -0.39 is 6.10 Å². The van der Waals surface area contributed by atoms with Gasteiger partial charge in [-0.2, -0.15) is 0 Å². The van der Waals surface area contributed by atoms with Crippen LogP contribution in [0.2, 0.25) is 0 Å². The van der Waals surface area contributed by atoms with Crippen LogP contribution >= 0.6 is 0 Å². The van der Waals surface area contributed by atoms with Crippen molar-refractivity contribution in [3.8, 4) is 28.7 Å². The van der Waals surface area contributed by atoms with Crippen molar-refractivity contribution in [3.05, 3.63) is 41.5 Å². The van der Waals surface area contributed by atoms with E-state index in [1.54, 1.807) is 12.1 Å². The number of methoxy groups -OCH3 is 1. The van der Waals surface area contributed by atoms with Crippen LogP contribution in [0.4, 0.5) is 0 Å². The van der Waals surface area contributed by atoms with Crippen molar-refractivity contribution < 1.29 is 29.6 Å². The first-order valence-electron chi connectivity index (χ1n) is 6.63. The third kappa shape index (κ3) is 2.18. The standard InChI is InChI=1S/C16H14O6/c1-21-13-7-11(19)14-10(18)6-12(22-16(14)15(13)20)8-2-4-9(17)5-3-8/h2-5,7,12,17,19-20H,6H2,1H3. The molecule has 0 radical (unpaired) electrons. The molecule has 0 saturated heterocycles. The first-order valence-corrected chi connectivity index (χ1v) is 6.63. The number of phenolic OH excluding ortho intramolecular Hbond substituents is 3. The molecule has 0 spiro atoms. The minimum Gasteiger partial charge on any atom is -0.508 e. The van der Waals surface area contributed by atoms with Crippen LogP contribution in [-0.2, 0) is 0 Å². The molecule has 1 unspecified atom stereocenters. The van der Waals surface area contributed by atoms with Gasteiger partial charge in [0.2, 0.25) is 5.75 Å². The Labute approximate surface area is 126 Å². The van der Waals surface area contributed by atoms with Crippen LogP contribution in [0.15, 0.2) is 30.3 Å². The van der Waals surface area contributed by atoms with E-state index >= 15 is 0 Å². The SMILES string of the molecule is COc1cc(O)c2c(c1O)OC(c1ccc(O)cc1)CC2=O. The molecular formula is C16H14O6. The van der Waals surface area contributed by atoms with Gasteiger partial charge >= 0.3 is 0 Å². The third-order valence-electron chi connectivity index (χ3n) is 3.59. The maximum atomic E-state index is 12.3. The van der Waals surface area contributed by atoms with Crippen molar-refractivity contribution in [3.63, 3.8) is 0 Å². The van der Waals surface area contributed by atoms with Crippen LogP contribution in [0, 0.1) is 0 Å². The zero-order valence-electron chi connectivity index (χ0n) is 11.7. The fraction of sp³-hybridized carbons (Fsp3) is 0.188. The van der Waals surface area contributed by atoms with Crippen molar-refractivity contribution in [2.24, 2.45) is 0 Å². The van der Waals surface area contributed by atoms with Crippen LogP contribution in [0.25, 0.3) is 0 Å². The molecule has 1 aliphatic rings. The largest absolute Gasteiger partial charge is 0.508 e. The molecule has 2 aromatic carbocycles. The molecule has 0 amide bonds. The van der Waals surface area contributed by atoms with Crippen LogP contribution in [0.3, 0.4) is 0 Å². The monoisotopic (exact) mass is 302 g/mol. The number of carbonyl (C=O) groups is 1. The topological polar surface area (TPSA) is 96.2 Å². The Bertz CT molecular complexity index is 735. The van der Waals surface area contributed by atoms with Crippen molar-refractivity contribution in [2.45, 2.75) is 12.5 Å². The number of rotatable bonds is 2. The molecule has 114 valence electrons. The highest BCUT2D eigenvalue weighted by Crippen LogP contribution is 2.49. The average molecular weight is 302 g/mol. The smallest absolute Gasteiger partial charge is 0.201 e. The second-order valence-corrected chi connectivity index (χ2v) is 4.98. The summed E-state index contributed by atoms with van der Waals surface area (Å²) in [4.78, 5) is 12.3. The maximum Gasteiger partial charge on any atom is 0.201 e. The molecular weight excluding hydrogens is 288 g/mol. The Morgan fingerprint density at radius 3 is 2.50 bits per heavy atom. The lowest BCUT2D eigenvalue weighted by atomic mass is 9.95. The number of ketones is 1. The molecule has 3 N–H and O–H groups in total. The van der Waals surface area contributed by atoms with Gasteiger partial charge in [-0.25, -0.2) is 0 Å². The van der Waals surface area contributed by atoms with Gasteiger partial charge in [-0.15, -0.1) is 0 Å². The van der Waals surface area contributed by atoms with Crippen molar-refractivity contribution >= 4 is 5.78 Å². The fourth-order valence-electron chi connectivity index (χ4n) is 2.48. The summed E-state index contributed by atoms with van der Waals surface area (Å²) in [6.07, 6.45) is -0.588. The molecule has 0 saturated carbocycles. The van der Waals surface area contributed by atoms with Crippen molar-refractivity contribution in [2.75, 3.05) is 7.11 Å². The van der Waals surface area contributed by atoms with E-state index in [0.29, 0.717) is 5.56 Å². The van der Waals surface area contributed by atoms with Gasteiger partial charge in [-0.05, 0) is 17.7 Å². The van der Waals surface area contributed by atoms with Gasteiger partial charge in [0, 0.05) is 6.07 Å². The Morgan fingerprint density at radius 1 is 1.18 bits per heavy atom. The van der Waals surface area contributed by atoms with Crippen LogP contribution < -0.4 is 9.47 Å². The van der Waals surface area contributed by atoms with E-state index in [-0.39, 0.29) is 46.5 Å². The fourth-order valence-corrected chi connectivity index (χ4v) is 2.48. The summed E-state index contributed by atoms with van der Waals surface area (Å²) in [6.45, 7) is 0. The predicted octanol–water partition coefficient (Wildman–Crippen LogP) is 2.52. The highest BCUT2D eigenvalue weighted by atomic mass is 16.5. The van der Waals surface area contributed by atoms with Crippen molar-refractivity contribution in [1.82, 2.24) is 0 Å². The van der Waals surface area contributed by atoms with Crippen molar-refractivity contribution in [1.29, 1.82) is 0 Å². The maximum absolute atomic E-state index is 12.3. The van der Waals surface area contributed by atoms with E-state index in [1.807, 2.05) is 0 Å². The number of fused-ring (bicyclic) bond motifs is 1. The molecule has 1 heterocycles. The summed E-state index contributed by atoms with van der Waals surface area (Å²) in [7, 11) is 1.34. The summed E-state index contributed by atoms with van der Waals surface area (Å²) in [5.41, 5.74) is 0.631. The third-order valence-corrected chi connectivity index (χ3v) is 3.59. The molecule has 6 nitrogen and oxygen atoms in total. The first-order chi connectivity index (χ1) is 10.5. The zero-order valence-corrected chi connectivity index (χ0v) is 11.7. The lowest BCUT2D eigenvalue weighted by Gasteiger charge is -2.27. The van der Waals surface area contributed by atoms with E-state index in [2.05, 4.69) is 0 Å². The number of aromatic hydroxyl groups is 3. The molecule has 0 aromatic heterocycles. The van der Waals surface area contributed by atoms with Crippen LogP contribution in [0.5, 0.6) is 28.7 Å². The number of hydrogen-bond donors (Lipinski definition) is 3. The summed E-state index contributed by atoms with van der Waals surface area (Å²) in [6, 6.07) is 7.42. The quantitative estimate of drug-likeness (QED) is 0.738. The Balaban J connectivity index is 2.06. The summed E-state index contributed by atoms with van der Waals surface area (Å²) in [5.74, 6) is -0.921. The number of ether oxygens (including phenoxy) is 2. The highest BCUT2D eigenvalue weighted by Gasteiger charge is 2.34. The number of benzene rings is 2. The summed E-state index contributed by atoms with van der Waals surface area (Å²) in [5, 5.41) is 29.4. The first kappa shape index (κ1) is 14.1. The number of Topliss-reactive ketones (excluding diaryl/α,β-unsaturated/α-hetero) is 1. The molecule has 0 fully saturated rings. The van der Waals surface area contributed by atoms with Gasteiger partial charge in [0.15, 0.2) is 17.3 Å². The second kappa shape index (κ2) is 5.14. The molecule has 3 rings (SSSR count). The molecule has 0 bridgehead atoms. The minimum absolute atomic E-state index is 0.0235. The van der Waals surface area contributed by atoms with Gasteiger partial charge in [-0.3, -0.25) is 4.79 Å². The van der Waals surface area contributed by atoms with E-state index in [4.69, 9.17) is 9.47 Å². The normalized spacial score (nSPS) is 16.8. The van der Waals surface area contributed by atoms with Gasteiger partial charge < -0.3 is 24.8 Å². The Morgan fingerprint density at radius 2 is 1.86 bits per heavy atom. The van der Waals surface area contributed by atoms with Gasteiger partial charge in [0.1, 0.15) is 23.2 Å². The molecule has 0 aliphatic carbocycles. The van der Waals surface area contributed by atoms with Gasteiger partial charge in [-0.1, -0.05) is 12.1 Å². The number of phenols is 3. The minimum atomic E-state index is -0.613. The summed E-state index contributed by atoms with van der Waals surface area (Å²) < 4.78 is 10.6. The highest BCUT2D eigenvalue weighted by molar-refractivity contribution is 6.03. The van der Waals surface area contributed by atoms with Gasteiger partial charge in [0.25, 0.3) is 0 Å². The summed E-state index contributed by atoms with van der Waals surface area (Å²) >= 11 is 0. The average Bonchev–Trinajstić information content (AvgIpc) is 2.50. The lowest BCUT2D eigenvalue weighted by Crippen LogP contribution is -2.20. The lowest BCUT2D eigenvalue weighted by molar-refractivity contribution is 0.0836. The van der Waals surface area contributed by atoms with E-state index in [0.717, 1.165) is 0 Å². The predicted molar refractivity (Wildman–Crippen MR) is 76.7 cm³/mol. The zero-order chi connectivity index (χ0) is 15.9. The Hall–Kier alpha value is -2.89. The molecule has 2 aromatic rings. The van der Waals surface area contributed by atoms with E-state index in [9.17, 15) is 20.1 Å². The van der Waals surface area contributed by atoms with Crippen LogP contribution in [-0.4, -0.2) is 28.2 Å². The molecule has 6 heteroatoms.